The molecule has 0 unspecified atom stereocenters. The molecule has 0 saturated carbocycles. The predicted octanol–water partition coefficient (Wildman–Crippen LogP) is 2.10. The van der Waals surface area contributed by atoms with Gasteiger partial charge in [-0.15, -0.1) is 5.10 Å². The molecule has 0 N–H and O–H groups in total. The van der Waals surface area contributed by atoms with Crippen molar-refractivity contribution >= 4 is 0 Å². The van der Waals surface area contributed by atoms with Crippen LogP contribution >= 0.6 is 0 Å². The van der Waals surface area contributed by atoms with E-state index in [1.54, 1.807) is 0 Å². The molecule has 0 fully saturated rings. The van der Waals surface area contributed by atoms with Crippen molar-refractivity contribution < 1.29 is 0 Å². The van der Waals surface area contributed by atoms with Crippen LogP contribution in [0.25, 0.3) is 5.69 Å². The Hall–Kier alpha value is -1.71. The molecule has 1 aromatic carbocycles. The first kappa shape index (κ1) is 10.8. The summed E-state index contributed by atoms with van der Waals surface area (Å²) in [4.78, 5) is 0. The fraction of sp³-hybridized carbons (Fsp3) is 0.417. The predicted molar refractivity (Wildman–Crippen MR) is 62.6 cm³/mol. The maximum atomic E-state index is 4.06. The summed E-state index contributed by atoms with van der Waals surface area (Å²) < 4.78 is 1.84. The van der Waals surface area contributed by atoms with E-state index >= 15 is 0 Å². The first-order chi connectivity index (χ1) is 7.77. The lowest BCUT2D eigenvalue weighted by molar-refractivity contribution is 0.757. The van der Waals surface area contributed by atoms with Crippen molar-refractivity contribution in [3.8, 4) is 5.69 Å². The first-order valence-electron chi connectivity index (χ1n) is 5.64. The van der Waals surface area contributed by atoms with Crippen LogP contribution in [-0.2, 0) is 12.8 Å². The van der Waals surface area contributed by atoms with E-state index < -0.39 is 0 Å². The fourth-order valence-electron chi connectivity index (χ4n) is 1.96. The largest absolute Gasteiger partial charge is 0.197 e. The molecule has 0 spiro atoms. The van der Waals surface area contributed by atoms with E-state index in [1.807, 2.05) is 10.7 Å². The van der Waals surface area contributed by atoms with Crippen molar-refractivity contribution in [1.82, 2.24) is 20.2 Å². The Kier molecular flexibility index (Phi) is 2.99. The van der Waals surface area contributed by atoms with Gasteiger partial charge in [-0.1, -0.05) is 26.0 Å². The van der Waals surface area contributed by atoms with Crippen LogP contribution in [-0.4, -0.2) is 20.2 Å². The van der Waals surface area contributed by atoms with E-state index in [0.29, 0.717) is 0 Å². The zero-order valence-electron chi connectivity index (χ0n) is 9.94. The molecule has 0 aliphatic heterocycles. The lowest BCUT2D eigenvalue weighted by Crippen LogP contribution is -2.06. The Balaban J connectivity index is 2.60. The molecule has 0 aliphatic rings. The lowest BCUT2D eigenvalue weighted by atomic mass is 10.0. The summed E-state index contributed by atoms with van der Waals surface area (Å²) in [5.41, 5.74) is 3.70. The second-order valence-corrected chi connectivity index (χ2v) is 3.79. The van der Waals surface area contributed by atoms with Crippen LogP contribution in [0.5, 0.6) is 0 Å². The minimum atomic E-state index is 0.837. The highest BCUT2D eigenvalue weighted by molar-refractivity contribution is 5.45. The molecule has 0 radical (unpaired) electrons. The van der Waals surface area contributed by atoms with Gasteiger partial charge in [0, 0.05) is 6.42 Å². The summed E-state index contributed by atoms with van der Waals surface area (Å²) in [6.07, 6.45) is 1.83. The Bertz CT molecular complexity index is 488. The summed E-state index contributed by atoms with van der Waals surface area (Å²) in [7, 11) is 0. The highest BCUT2D eigenvalue weighted by Crippen LogP contribution is 2.19. The maximum Gasteiger partial charge on any atom is 0.156 e. The molecule has 0 atom stereocenters. The van der Waals surface area contributed by atoms with Gasteiger partial charge in [0.1, 0.15) is 0 Å². The molecule has 1 heterocycles. The number of aryl methyl sites for hydroxylation is 2. The quantitative estimate of drug-likeness (QED) is 0.789. The Morgan fingerprint density at radius 2 is 2.00 bits per heavy atom. The topological polar surface area (TPSA) is 43.6 Å². The van der Waals surface area contributed by atoms with Gasteiger partial charge in [-0.25, -0.2) is 0 Å². The third-order valence-electron chi connectivity index (χ3n) is 2.82. The molecule has 0 amide bonds. The van der Waals surface area contributed by atoms with E-state index in [4.69, 9.17) is 0 Å². The molecule has 4 heteroatoms. The van der Waals surface area contributed by atoms with Gasteiger partial charge in [0.05, 0.1) is 5.69 Å². The standard InChI is InChI=1S/C12H16N4/c1-4-10-9(3)7-6-8-11(10)16-12(5-2)13-14-15-16/h6-8H,4-5H2,1-3H3. The van der Waals surface area contributed by atoms with Crippen LogP contribution in [0, 0.1) is 6.92 Å². The zero-order chi connectivity index (χ0) is 11.5. The summed E-state index contributed by atoms with van der Waals surface area (Å²) in [5.74, 6) is 0.903. The molecule has 2 rings (SSSR count). The van der Waals surface area contributed by atoms with E-state index in [0.717, 1.165) is 24.4 Å². The SMILES string of the molecule is CCc1c(C)cccc1-n1nnnc1CC. The molecule has 0 saturated heterocycles. The average Bonchev–Trinajstić information content (AvgIpc) is 2.76. The van der Waals surface area contributed by atoms with Crippen LogP contribution in [0.4, 0.5) is 0 Å². The average molecular weight is 216 g/mol. The number of rotatable bonds is 3. The molecule has 4 nitrogen and oxygen atoms in total. The fourth-order valence-corrected chi connectivity index (χ4v) is 1.96. The number of tetrazole rings is 1. The molecule has 0 aliphatic carbocycles. The van der Waals surface area contributed by atoms with Gasteiger partial charge < -0.3 is 0 Å². The smallest absolute Gasteiger partial charge is 0.156 e. The van der Waals surface area contributed by atoms with Crippen molar-refractivity contribution in [3.63, 3.8) is 0 Å². The van der Waals surface area contributed by atoms with Crippen molar-refractivity contribution in [2.75, 3.05) is 0 Å². The van der Waals surface area contributed by atoms with Crippen LogP contribution < -0.4 is 0 Å². The molecule has 2 aromatic rings. The zero-order valence-corrected chi connectivity index (χ0v) is 9.94. The number of hydrogen-bond acceptors (Lipinski definition) is 3. The van der Waals surface area contributed by atoms with Crippen molar-refractivity contribution in [1.29, 1.82) is 0 Å². The summed E-state index contributed by atoms with van der Waals surface area (Å²) in [5, 5.41) is 11.8. The molecular weight excluding hydrogens is 200 g/mol. The van der Waals surface area contributed by atoms with Gasteiger partial charge in [-0.3, -0.25) is 0 Å². The minimum absolute atomic E-state index is 0.837. The third kappa shape index (κ3) is 1.71. The Morgan fingerprint density at radius 1 is 1.19 bits per heavy atom. The maximum absolute atomic E-state index is 4.06. The normalized spacial score (nSPS) is 10.7. The van der Waals surface area contributed by atoms with Gasteiger partial charge in [-0.2, -0.15) is 4.68 Å². The lowest BCUT2D eigenvalue weighted by Gasteiger charge is -2.11. The van der Waals surface area contributed by atoms with Crippen molar-refractivity contribution in [2.45, 2.75) is 33.6 Å². The van der Waals surface area contributed by atoms with Crippen LogP contribution in [0.2, 0.25) is 0 Å². The summed E-state index contributed by atoms with van der Waals surface area (Å²) in [6.45, 7) is 6.34. The third-order valence-corrected chi connectivity index (χ3v) is 2.82. The van der Waals surface area contributed by atoms with E-state index in [-0.39, 0.29) is 0 Å². The molecule has 16 heavy (non-hydrogen) atoms. The number of benzene rings is 1. The van der Waals surface area contributed by atoms with Crippen molar-refractivity contribution in [2.24, 2.45) is 0 Å². The van der Waals surface area contributed by atoms with Gasteiger partial charge in [0.15, 0.2) is 5.82 Å². The van der Waals surface area contributed by atoms with E-state index in [2.05, 4.69) is 48.4 Å². The first-order valence-corrected chi connectivity index (χ1v) is 5.64. The minimum Gasteiger partial charge on any atom is -0.197 e. The number of aromatic nitrogens is 4. The van der Waals surface area contributed by atoms with Crippen LogP contribution in [0.15, 0.2) is 18.2 Å². The van der Waals surface area contributed by atoms with Gasteiger partial charge in [0.25, 0.3) is 0 Å². The van der Waals surface area contributed by atoms with E-state index in [9.17, 15) is 0 Å². The van der Waals surface area contributed by atoms with Gasteiger partial charge >= 0.3 is 0 Å². The monoisotopic (exact) mass is 216 g/mol. The van der Waals surface area contributed by atoms with Gasteiger partial charge in [-0.05, 0) is 41.0 Å². The highest BCUT2D eigenvalue weighted by atomic mass is 15.5. The molecule has 0 bridgehead atoms. The summed E-state index contributed by atoms with van der Waals surface area (Å²) in [6, 6.07) is 6.24. The molecule has 1 aromatic heterocycles. The van der Waals surface area contributed by atoms with Crippen molar-refractivity contribution in [3.05, 3.63) is 35.2 Å². The number of hydrogen-bond donors (Lipinski definition) is 0. The van der Waals surface area contributed by atoms with Gasteiger partial charge in [0.2, 0.25) is 0 Å². The second kappa shape index (κ2) is 4.43. The second-order valence-electron chi connectivity index (χ2n) is 3.79. The highest BCUT2D eigenvalue weighted by Gasteiger charge is 2.10. The Morgan fingerprint density at radius 3 is 2.69 bits per heavy atom. The Labute approximate surface area is 95.3 Å². The number of nitrogens with zero attached hydrogens (tertiary/aromatic N) is 4. The summed E-state index contributed by atoms with van der Waals surface area (Å²) >= 11 is 0. The van der Waals surface area contributed by atoms with E-state index in [1.165, 1.54) is 11.1 Å². The van der Waals surface area contributed by atoms with Crippen LogP contribution in [0.1, 0.15) is 30.8 Å². The van der Waals surface area contributed by atoms with Crippen LogP contribution in [0.3, 0.4) is 0 Å². The molecular formula is C12H16N4. The molecule has 84 valence electrons.